The fourth-order valence-corrected chi connectivity index (χ4v) is 2.80. The number of nitrogens with one attached hydrogen (secondary N) is 1. The summed E-state index contributed by atoms with van der Waals surface area (Å²) in [7, 11) is 0. The average molecular weight is 377 g/mol. The zero-order valence-corrected chi connectivity index (χ0v) is 15.9. The van der Waals surface area contributed by atoms with E-state index in [1.165, 1.54) is 6.33 Å². The van der Waals surface area contributed by atoms with Gasteiger partial charge in [-0.1, -0.05) is 30.3 Å². The Hall–Kier alpha value is -3.41. The Bertz CT molecular complexity index is 912. The summed E-state index contributed by atoms with van der Waals surface area (Å²) in [4.78, 5) is 20.1. The zero-order valence-electron chi connectivity index (χ0n) is 15.9. The van der Waals surface area contributed by atoms with E-state index in [-0.39, 0.29) is 6.10 Å². The first-order valence-corrected chi connectivity index (χ1v) is 9.13. The minimum absolute atomic E-state index is 0.110. The lowest BCUT2D eigenvalue weighted by atomic mass is 10.1. The summed E-state index contributed by atoms with van der Waals surface area (Å²) in [5.41, 5.74) is 2.55. The normalized spacial score (nSPS) is 11.8. The van der Waals surface area contributed by atoms with E-state index in [2.05, 4.69) is 15.3 Å². The smallest absolute Gasteiger partial charge is 0.326 e. The van der Waals surface area contributed by atoms with Crippen molar-refractivity contribution in [1.82, 2.24) is 9.97 Å². The highest BCUT2D eigenvalue weighted by Gasteiger charge is 2.18. The zero-order chi connectivity index (χ0) is 19.9. The van der Waals surface area contributed by atoms with Gasteiger partial charge in [0.2, 0.25) is 0 Å². The number of carbonyl (C=O) groups is 1. The number of nitrogens with zero attached hydrogens (tertiary/aromatic N) is 2. The van der Waals surface area contributed by atoms with Crippen molar-refractivity contribution in [2.45, 2.75) is 32.4 Å². The standard InChI is InChI=1S/C22H23N3O3/c1-15(2)28-18-10-8-17(9-11-18)19-13-21(24-14-23-19)25-20(22(26)27)12-16-6-4-3-5-7-16/h3-11,13-15,20H,12H2,1-2H3,(H,26,27)(H,23,24,25). The van der Waals surface area contributed by atoms with Gasteiger partial charge in [0.05, 0.1) is 11.8 Å². The molecule has 6 nitrogen and oxygen atoms in total. The molecule has 0 bridgehead atoms. The van der Waals surface area contributed by atoms with E-state index in [0.29, 0.717) is 17.9 Å². The molecule has 1 heterocycles. The molecule has 0 saturated carbocycles. The van der Waals surface area contributed by atoms with Crippen LogP contribution in [0.3, 0.4) is 0 Å². The van der Waals surface area contributed by atoms with Crippen LogP contribution in [0.4, 0.5) is 5.82 Å². The number of hydrogen-bond donors (Lipinski definition) is 2. The van der Waals surface area contributed by atoms with E-state index in [0.717, 1.165) is 16.9 Å². The Balaban J connectivity index is 1.75. The van der Waals surface area contributed by atoms with Crippen LogP contribution in [0.25, 0.3) is 11.3 Å². The Kier molecular flexibility index (Phi) is 6.22. The monoisotopic (exact) mass is 377 g/mol. The molecule has 1 aromatic heterocycles. The minimum atomic E-state index is -0.931. The molecule has 0 fully saturated rings. The van der Waals surface area contributed by atoms with Gasteiger partial charge in [0, 0.05) is 18.1 Å². The molecule has 144 valence electrons. The molecule has 0 radical (unpaired) electrons. The maximum absolute atomic E-state index is 11.7. The Morgan fingerprint density at radius 2 is 1.79 bits per heavy atom. The summed E-state index contributed by atoms with van der Waals surface area (Å²) in [6.07, 6.45) is 1.90. The van der Waals surface area contributed by atoms with Crippen LogP contribution in [0.5, 0.6) is 5.75 Å². The van der Waals surface area contributed by atoms with Crippen molar-refractivity contribution >= 4 is 11.8 Å². The van der Waals surface area contributed by atoms with Crippen molar-refractivity contribution in [2.75, 3.05) is 5.32 Å². The predicted molar refractivity (Wildman–Crippen MR) is 108 cm³/mol. The molecule has 0 aliphatic heterocycles. The van der Waals surface area contributed by atoms with Gasteiger partial charge in [0.15, 0.2) is 0 Å². The fraction of sp³-hybridized carbons (Fsp3) is 0.227. The predicted octanol–water partition coefficient (Wildman–Crippen LogP) is 4.04. The number of carboxylic acids is 1. The number of ether oxygens (including phenoxy) is 1. The summed E-state index contributed by atoms with van der Waals surface area (Å²) < 4.78 is 5.65. The summed E-state index contributed by atoms with van der Waals surface area (Å²) in [6, 6.07) is 18.1. The Morgan fingerprint density at radius 3 is 2.43 bits per heavy atom. The third-order valence-electron chi connectivity index (χ3n) is 4.09. The SMILES string of the molecule is CC(C)Oc1ccc(-c2cc(NC(Cc3ccccc3)C(=O)O)ncn2)cc1. The van der Waals surface area contributed by atoms with E-state index >= 15 is 0 Å². The third-order valence-corrected chi connectivity index (χ3v) is 4.09. The van der Waals surface area contributed by atoms with Crippen molar-refractivity contribution in [3.63, 3.8) is 0 Å². The maximum Gasteiger partial charge on any atom is 0.326 e. The molecule has 0 aliphatic rings. The number of anilines is 1. The molecule has 3 rings (SSSR count). The van der Waals surface area contributed by atoms with Gasteiger partial charge in [-0.3, -0.25) is 0 Å². The lowest BCUT2D eigenvalue weighted by Gasteiger charge is -2.15. The van der Waals surface area contributed by atoms with Crippen molar-refractivity contribution in [3.05, 3.63) is 72.6 Å². The second kappa shape index (κ2) is 8.99. The van der Waals surface area contributed by atoms with E-state index in [1.807, 2.05) is 68.4 Å². The highest BCUT2D eigenvalue weighted by atomic mass is 16.5. The minimum Gasteiger partial charge on any atom is -0.491 e. The van der Waals surface area contributed by atoms with Gasteiger partial charge in [-0.05, 0) is 43.7 Å². The summed E-state index contributed by atoms with van der Waals surface area (Å²) >= 11 is 0. The van der Waals surface area contributed by atoms with Crippen LogP contribution in [0, 0.1) is 0 Å². The van der Waals surface area contributed by atoms with Gasteiger partial charge in [0.1, 0.15) is 23.9 Å². The lowest BCUT2D eigenvalue weighted by molar-refractivity contribution is -0.137. The first-order chi connectivity index (χ1) is 13.5. The number of carboxylic acid groups (broad SMARTS) is 1. The van der Waals surface area contributed by atoms with Crippen molar-refractivity contribution in [1.29, 1.82) is 0 Å². The van der Waals surface area contributed by atoms with Crippen LogP contribution >= 0.6 is 0 Å². The van der Waals surface area contributed by atoms with Crippen LogP contribution in [0.1, 0.15) is 19.4 Å². The largest absolute Gasteiger partial charge is 0.491 e. The van der Waals surface area contributed by atoms with Crippen LogP contribution < -0.4 is 10.1 Å². The highest BCUT2D eigenvalue weighted by molar-refractivity contribution is 5.77. The van der Waals surface area contributed by atoms with Gasteiger partial charge in [-0.15, -0.1) is 0 Å². The van der Waals surface area contributed by atoms with Gasteiger partial charge in [-0.2, -0.15) is 0 Å². The van der Waals surface area contributed by atoms with Gasteiger partial charge >= 0.3 is 5.97 Å². The molecule has 3 aromatic rings. The van der Waals surface area contributed by atoms with E-state index in [4.69, 9.17) is 4.74 Å². The lowest BCUT2D eigenvalue weighted by Crippen LogP contribution is -2.31. The van der Waals surface area contributed by atoms with E-state index < -0.39 is 12.0 Å². The van der Waals surface area contributed by atoms with Crippen LogP contribution in [-0.2, 0) is 11.2 Å². The third kappa shape index (κ3) is 5.30. The average Bonchev–Trinajstić information content (AvgIpc) is 2.68. The number of hydrogen-bond acceptors (Lipinski definition) is 5. The summed E-state index contributed by atoms with van der Waals surface area (Å²) in [5, 5.41) is 12.6. The van der Waals surface area contributed by atoms with E-state index in [9.17, 15) is 9.90 Å². The number of aliphatic carboxylic acids is 1. The maximum atomic E-state index is 11.7. The Labute approximate surface area is 164 Å². The first kappa shape index (κ1) is 19.4. The summed E-state index contributed by atoms with van der Waals surface area (Å²) in [6.45, 7) is 3.95. The fourth-order valence-electron chi connectivity index (χ4n) is 2.80. The van der Waals surface area contributed by atoms with Gasteiger partial charge in [0.25, 0.3) is 0 Å². The molecule has 1 atom stereocenters. The molecular weight excluding hydrogens is 354 g/mol. The molecule has 2 aromatic carbocycles. The first-order valence-electron chi connectivity index (χ1n) is 9.13. The molecular formula is C22H23N3O3. The molecule has 0 amide bonds. The molecule has 1 unspecified atom stereocenters. The molecule has 28 heavy (non-hydrogen) atoms. The van der Waals surface area contributed by atoms with Crippen LogP contribution in [-0.4, -0.2) is 33.2 Å². The van der Waals surface area contributed by atoms with Gasteiger partial charge < -0.3 is 15.2 Å². The van der Waals surface area contributed by atoms with E-state index in [1.54, 1.807) is 6.07 Å². The quantitative estimate of drug-likeness (QED) is 0.616. The second-order valence-electron chi connectivity index (χ2n) is 6.70. The highest BCUT2D eigenvalue weighted by Crippen LogP contribution is 2.23. The van der Waals surface area contributed by atoms with Crippen molar-refractivity contribution in [2.24, 2.45) is 0 Å². The van der Waals surface area contributed by atoms with Crippen molar-refractivity contribution in [3.8, 4) is 17.0 Å². The molecule has 0 saturated heterocycles. The number of aromatic nitrogens is 2. The van der Waals surface area contributed by atoms with Crippen LogP contribution in [0.2, 0.25) is 0 Å². The molecule has 2 N–H and O–H groups in total. The molecule has 0 spiro atoms. The van der Waals surface area contributed by atoms with Crippen LogP contribution in [0.15, 0.2) is 67.0 Å². The summed E-state index contributed by atoms with van der Waals surface area (Å²) in [5.74, 6) is 0.329. The molecule has 6 heteroatoms. The molecule has 0 aliphatic carbocycles. The number of rotatable bonds is 8. The topological polar surface area (TPSA) is 84.3 Å². The number of benzene rings is 2. The Morgan fingerprint density at radius 1 is 1.07 bits per heavy atom. The second-order valence-corrected chi connectivity index (χ2v) is 6.70. The van der Waals surface area contributed by atoms with Crippen molar-refractivity contribution < 1.29 is 14.6 Å². The van der Waals surface area contributed by atoms with Gasteiger partial charge in [-0.25, -0.2) is 14.8 Å².